The Hall–Kier alpha value is -0.300. The molecule has 1 nitrogen and oxygen atoms in total. The van der Waals surface area contributed by atoms with E-state index in [0.717, 1.165) is 29.7 Å². The van der Waals surface area contributed by atoms with E-state index in [1.165, 1.54) is 45.1 Å². The lowest BCUT2D eigenvalue weighted by molar-refractivity contribution is 0.331. The third-order valence-electron chi connectivity index (χ3n) is 5.23. The Morgan fingerprint density at radius 1 is 1.19 bits per heavy atom. The maximum absolute atomic E-state index is 3.82. The zero-order chi connectivity index (χ0) is 11.0. The maximum Gasteiger partial charge on any atom is 0.00671 e. The monoisotopic (exact) mass is 219 g/mol. The third-order valence-corrected chi connectivity index (χ3v) is 5.23. The van der Waals surface area contributed by atoms with Crippen molar-refractivity contribution in [2.75, 3.05) is 6.54 Å². The lowest BCUT2D eigenvalue weighted by atomic mass is 9.92. The predicted octanol–water partition coefficient (Wildman–Crippen LogP) is 3.37. The SMILES string of the molecule is CC(NCC1CC2C=CC1C2)C1CCCC1. The molecule has 1 heteroatoms. The predicted molar refractivity (Wildman–Crippen MR) is 68.3 cm³/mol. The summed E-state index contributed by atoms with van der Waals surface area (Å²) in [6.07, 6.45) is 13.7. The van der Waals surface area contributed by atoms with Crippen LogP contribution in [0.25, 0.3) is 0 Å². The van der Waals surface area contributed by atoms with E-state index in [0.29, 0.717) is 0 Å². The van der Waals surface area contributed by atoms with Gasteiger partial charge in [-0.2, -0.15) is 0 Å². The molecule has 3 rings (SSSR count). The van der Waals surface area contributed by atoms with Gasteiger partial charge in [0.15, 0.2) is 0 Å². The summed E-state index contributed by atoms with van der Waals surface area (Å²) in [4.78, 5) is 0. The Kier molecular flexibility index (Phi) is 3.06. The average molecular weight is 219 g/mol. The molecule has 0 aromatic carbocycles. The minimum atomic E-state index is 0.755. The van der Waals surface area contributed by atoms with E-state index in [-0.39, 0.29) is 0 Å². The molecule has 90 valence electrons. The standard InChI is InChI=1S/C15H25N/c1-11(13-4-2-3-5-13)16-10-15-9-12-6-7-14(15)8-12/h6-7,11-16H,2-5,8-10H2,1H3. The van der Waals surface area contributed by atoms with Crippen LogP contribution in [-0.4, -0.2) is 12.6 Å². The van der Waals surface area contributed by atoms with Crippen molar-refractivity contribution >= 4 is 0 Å². The van der Waals surface area contributed by atoms with Crippen molar-refractivity contribution in [3.05, 3.63) is 12.2 Å². The second-order valence-electron chi connectivity index (χ2n) is 6.28. The second kappa shape index (κ2) is 4.52. The van der Waals surface area contributed by atoms with E-state index in [4.69, 9.17) is 0 Å². The molecule has 3 aliphatic rings. The van der Waals surface area contributed by atoms with E-state index >= 15 is 0 Å². The van der Waals surface area contributed by atoms with Crippen molar-refractivity contribution in [2.45, 2.75) is 51.5 Å². The zero-order valence-corrected chi connectivity index (χ0v) is 10.5. The Balaban J connectivity index is 1.44. The van der Waals surface area contributed by atoms with Crippen LogP contribution in [0.1, 0.15) is 45.4 Å². The molecule has 0 aromatic rings. The van der Waals surface area contributed by atoms with Gasteiger partial charge in [0.05, 0.1) is 0 Å². The molecular formula is C15H25N. The molecule has 2 saturated carbocycles. The Morgan fingerprint density at radius 2 is 2.00 bits per heavy atom. The Bertz CT molecular complexity index is 265. The smallest absolute Gasteiger partial charge is 0.00671 e. The summed E-state index contributed by atoms with van der Waals surface area (Å²) in [5.41, 5.74) is 0. The minimum Gasteiger partial charge on any atom is -0.314 e. The number of hydrogen-bond acceptors (Lipinski definition) is 1. The first-order valence-corrected chi connectivity index (χ1v) is 7.24. The van der Waals surface area contributed by atoms with Crippen LogP contribution in [0.15, 0.2) is 12.2 Å². The molecule has 0 saturated heterocycles. The molecule has 0 aromatic heterocycles. The molecule has 3 aliphatic carbocycles. The van der Waals surface area contributed by atoms with Crippen LogP contribution in [0.2, 0.25) is 0 Å². The molecule has 16 heavy (non-hydrogen) atoms. The molecule has 2 fully saturated rings. The molecule has 4 atom stereocenters. The van der Waals surface area contributed by atoms with Gasteiger partial charge in [-0.15, -0.1) is 0 Å². The highest BCUT2D eigenvalue weighted by Gasteiger charge is 2.35. The molecule has 0 aliphatic heterocycles. The van der Waals surface area contributed by atoms with Gasteiger partial charge >= 0.3 is 0 Å². The first-order chi connectivity index (χ1) is 7.83. The first kappa shape index (κ1) is 10.8. The fourth-order valence-electron chi connectivity index (χ4n) is 4.09. The van der Waals surface area contributed by atoms with Crippen LogP contribution < -0.4 is 5.32 Å². The van der Waals surface area contributed by atoms with Crippen LogP contribution in [0.4, 0.5) is 0 Å². The third kappa shape index (κ3) is 2.07. The van der Waals surface area contributed by atoms with Gasteiger partial charge in [0.1, 0.15) is 0 Å². The lowest BCUT2D eigenvalue weighted by Crippen LogP contribution is -2.36. The largest absolute Gasteiger partial charge is 0.314 e. The molecule has 4 unspecified atom stereocenters. The first-order valence-electron chi connectivity index (χ1n) is 7.24. The van der Waals surface area contributed by atoms with Crippen molar-refractivity contribution in [3.63, 3.8) is 0 Å². The van der Waals surface area contributed by atoms with Gasteiger partial charge in [-0.3, -0.25) is 0 Å². The van der Waals surface area contributed by atoms with Gasteiger partial charge in [-0.1, -0.05) is 25.0 Å². The van der Waals surface area contributed by atoms with Crippen molar-refractivity contribution in [1.82, 2.24) is 5.32 Å². The molecule has 1 N–H and O–H groups in total. The quantitative estimate of drug-likeness (QED) is 0.715. The Labute approximate surface area is 99.7 Å². The maximum atomic E-state index is 3.82. The number of nitrogens with one attached hydrogen (secondary N) is 1. The van der Waals surface area contributed by atoms with Crippen LogP contribution in [0.3, 0.4) is 0 Å². The summed E-state index contributed by atoms with van der Waals surface area (Å²) in [6.45, 7) is 3.67. The number of fused-ring (bicyclic) bond motifs is 2. The molecular weight excluding hydrogens is 194 g/mol. The summed E-state index contributed by atoms with van der Waals surface area (Å²) < 4.78 is 0. The van der Waals surface area contributed by atoms with E-state index in [1.807, 2.05) is 0 Å². The summed E-state index contributed by atoms with van der Waals surface area (Å²) in [7, 11) is 0. The van der Waals surface area contributed by atoms with Gasteiger partial charge in [0, 0.05) is 6.04 Å². The fourth-order valence-corrected chi connectivity index (χ4v) is 4.09. The van der Waals surface area contributed by atoms with Crippen molar-refractivity contribution in [2.24, 2.45) is 23.7 Å². The van der Waals surface area contributed by atoms with Crippen LogP contribution in [-0.2, 0) is 0 Å². The van der Waals surface area contributed by atoms with Crippen LogP contribution in [0, 0.1) is 23.7 Å². The summed E-state index contributed by atoms with van der Waals surface area (Å²) in [6, 6.07) is 0.755. The fraction of sp³-hybridized carbons (Fsp3) is 0.867. The summed E-state index contributed by atoms with van der Waals surface area (Å²) >= 11 is 0. The van der Waals surface area contributed by atoms with Gasteiger partial charge in [0.25, 0.3) is 0 Å². The molecule has 0 amide bonds. The van der Waals surface area contributed by atoms with E-state index in [1.54, 1.807) is 0 Å². The minimum absolute atomic E-state index is 0.755. The molecule has 0 heterocycles. The molecule has 2 bridgehead atoms. The van der Waals surface area contributed by atoms with E-state index < -0.39 is 0 Å². The Morgan fingerprint density at radius 3 is 2.62 bits per heavy atom. The topological polar surface area (TPSA) is 12.0 Å². The second-order valence-corrected chi connectivity index (χ2v) is 6.28. The van der Waals surface area contributed by atoms with Gasteiger partial charge in [-0.25, -0.2) is 0 Å². The highest BCUT2D eigenvalue weighted by molar-refractivity contribution is 5.10. The summed E-state index contributed by atoms with van der Waals surface area (Å²) in [5.74, 6) is 3.75. The highest BCUT2D eigenvalue weighted by Crippen LogP contribution is 2.43. The van der Waals surface area contributed by atoms with Gasteiger partial charge in [0.2, 0.25) is 0 Å². The van der Waals surface area contributed by atoms with Crippen molar-refractivity contribution < 1.29 is 0 Å². The van der Waals surface area contributed by atoms with Crippen molar-refractivity contribution in [3.8, 4) is 0 Å². The van der Waals surface area contributed by atoms with E-state index in [9.17, 15) is 0 Å². The van der Waals surface area contributed by atoms with Crippen molar-refractivity contribution in [1.29, 1.82) is 0 Å². The number of allylic oxidation sites excluding steroid dienone is 2. The molecule has 0 spiro atoms. The van der Waals surface area contributed by atoms with Crippen LogP contribution in [0.5, 0.6) is 0 Å². The lowest BCUT2D eigenvalue weighted by Gasteiger charge is -2.25. The van der Waals surface area contributed by atoms with Crippen LogP contribution >= 0.6 is 0 Å². The van der Waals surface area contributed by atoms with Gasteiger partial charge in [-0.05, 0) is 62.8 Å². The molecule has 0 radical (unpaired) electrons. The zero-order valence-electron chi connectivity index (χ0n) is 10.5. The number of hydrogen-bond donors (Lipinski definition) is 1. The average Bonchev–Trinajstić information content (AvgIpc) is 3.01. The summed E-state index contributed by atoms with van der Waals surface area (Å²) in [5, 5.41) is 3.82. The normalized spacial score (nSPS) is 39.7. The van der Waals surface area contributed by atoms with Gasteiger partial charge < -0.3 is 5.32 Å². The number of rotatable bonds is 4. The highest BCUT2D eigenvalue weighted by atomic mass is 14.9. The van der Waals surface area contributed by atoms with E-state index in [2.05, 4.69) is 24.4 Å².